The van der Waals surface area contributed by atoms with Crippen LogP contribution in [0, 0.1) is 6.92 Å². The summed E-state index contributed by atoms with van der Waals surface area (Å²) >= 11 is 3.49. The normalized spacial score (nSPS) is 9.67. The van der Waals surface area contributed by atoms with Gasteiger partial charge in [0.15, 0.2) is 0 Å². The van der Waals surface area contributed by atoms with Crippen molar-refractivity contribution in [1.29, 1.82) is 0 Å². The van der Waals surface area contributed by atoms with Gasteiger partial charge in [-0.15, -0.1) is 0 Å². The standard InChI is InChI=1S/C10H10BrNO.C2H6/c1-6-3-7-4-8(13-2)5-9(11)10(7)12-6;1-2/h3-5,12H,1-2H3;1-2H3. The maximum atomic E-state index is 5.17. The number of hydrogen-bond donors (Lipinski definition) is 1. The summed E-state index contributed by atoms with van der Waals surface area (Å²) in [5.41, 5.74) is 2.28. The Hall–Kier alpha value is -0.960. The minimum absolute atomic E-state index is 0.873. The monoisotopic (exact) mass is 269 g/mol. The summed E-state index contributed by atoms with van der Waals surface area (Å²) in [6.07, 6.45) is 0. The first-order valence-electron chi connectivity index (χ1n) is 5.03. The number of methoxy groups -OCH3 is 1. The average Bonchev–Trinajstić information content (AvgIpc) is 2.62. The van der Waals surface area contributed by atoms with Gasteiger partial charge in [0.1, 0.15) is 5.75 Å². The molecule has 0 aliphatic carbocycles. The third kappa shape index (κ3) is 2.53. The van der Waals surface area contributed by atoms with Gasteiger partial charge in [-0.2, -0.15) is 0 Å². The summed E-state index contributed by atoms with van der Waals surface area (Å²) < 4.78 is 6.21. The molecule has 0 spiro atoms. The number of aromatic nitrogens is 1. The Balaban J connectivity index is 0.000000531. The highest BCUT2D eigenvalue weighted by molar-refractivity contribution is 9.10. The van der Waals surface area contributed by atoms with Gasteiger partial charge >= 0.3 is 0 Å². The molecule has 82 valence electrons. The molecule has 15 heavy (non-hydrogen) atoms. The second-order valence-electron chi connectivity index (χ2n) is 3.03. The van der Waals surface area contributed by atoms with Crippen LogP contribution in [0.5, 0.6) is 5.75 Å². The van der Waals surface area contributed by atoms with Gasteiger partial charge in [0, 0.05) is 15.6 Å². The zero-order valence-electron chi connectivity index (χ0n) is 9.52. The van der Waals surface area contributed by atoms with E-state index in [9.17, 15) is 0 Å². The predicted molar refractivity (Wildman–Crippen MR) is 68.6 cm³/mol. The van der Waals surface area contributed by atoms with Crippen molar-refractivity contribution in [2.45, 2.75) is 20.8 Å². The molecule has 0 atom stereocenters. The molecular weight excluding hydrogens is 254 g/mol. The van der Waals surface area contributed by atoms with Crippen molar-refractivity contribution >= 4 is 26.8 Å². The zero-order chi connectivity index (χ0) is 11.4. The van der Waals surface area contributed by atoms with E-state index < -0.39 is 0 Å². The van der Waals surface area contributed by atoms with Gasteiger partial charge in [-0.1, -0.05) is 13.8 Å². The summed E-state index contributed by atoms with van der Waals surface area (Å²) in [6.45, 7) is 6.04. The van der Waals surface area contributed by atoms with Crippen LogP contribution < -0.4 is 4.74 Å². The molecule has 0 radical (unpaired) electrons. The van der Waals surface area contributed by atoms with Gasteiger partial charge in [-0.3, -0.25) is 0 Å². The number of H-pyrrole nitrogens is 1. The highest BCUT2D eigenvalue weighted by atomic mass is 79.9. The van der Waals surface area contributed by atoms with Crippen LogP contribution >= 0.6 is 15.9 Å². The second kappa shape index (κ2) is 5.21. The molecule has 0 aliphatic heterocycles. The van der Waals surface area contributed by atoms with E-state index in [1.54, 1.807) is 7.11 Å². The van der Waals surface area contributed by atoms with Crippen molar-refractivity contribution in [2.24, 2.45) is 0 Å². The minimum Gasteiger partial charge on any atom is -0.497 e. The Morgan fingerprint density at radius 3 is 2.47 bits per heavy atom. The second-order valence-corrected chi connectivity index (χ2v) is 3.88. The van der Waals surface area contributed by atoms with Crippen molar-refractivity contribution in [3.63, 3.8) is 0 Å². The van der Waals surface area contributed by atoms with Crippen LogP contribution in [0.15, 0.2) is 22.7 Å². The van der Waals surface area contributed by atoms with Gasteiger partial charge in [0.05, 0.1) is 12.6 Å². The van der Waals surface area contributed by atoms with Crippen LogP contribution in [0.3, 0.4) is 0 Å². The van der Waals surface area contributed by atoms with E-state index in [0.717, 1.165) is 21.4 Å². The third-order valence-corrected chi connectivity index (χ3v) is 2.65. The molecule has 2 nitrogen and oxygen atoms in total. The molecule has 0 aliphatic rings. The molecule has 0 bridgehead atoms. The van der Waals surface area contributed by atoms with Gasteiger partial charge in [-0.05, 0) is 41.1 Å². The summed E-state index contributed by atoms with van der Waals surface area (Å²) in [6, 6.07) is 6.07. The van der Waals surface area contributed by atoms with E-state index in [-0.39, 0.29) is 0 Å². The van der Waals surface area contributed by atoms with Crippen molar-refractivity contribution in [3.8, 4) is 5.75 Å². The SMILES string of the molecule is CC.COc1cc(Br)c2[nH]c(C)cc2c1. The van der Waals surface area contributed by atoms with E-state index in [1.165, 1.54) is 5.39 Å². The molecular formula is C12H16BrNO. The molecule has 0 unspecified atom stereocenters. The van der Waals surface area contributed by atoms with Crippen LogP contribution in [0.2, 0.25) is 0 Å². The first-order chi connectivity index (χ1) is 7.20. The number of halogens is 1. The van der Waals surface area contributed by atoms with Crippen LogP contribution in [-0.2, 0) is 0 Å². The molecule has 0 saturated heterocycles. The number of hydrogen-bond acceptors (Lipinski definition) is 1. The lowest BCUT2D eigenvalue weighted by Gasteiger charge is -2.00. The van der Waals surface area contributed by atoms with E-state index in [2.05, 4.69) is 27.0 Å². The van der Waals surface area contributed by atoms with Gasteiger partial charge in [-0.25, -0.2) is 0 Å². The van der Waals surface area contributed by atoms with Crippen molar-refractivity contribution in [2.75, 3.05) is 7.11 Å². The fourth-order valence-electron chi connectivity index (χ4n) is 1.43. The number of aromatic amines is 1. The van der Waals surface area contributed by atoms with Crippen molar-refractivity contribution in [3.05, 3.63) is 28.4 Å². The molecule has 2 aromatic rings. The van der Waals surface area contributed by atoms with Gasteiger partial charge < -0.3 is 9.72 Å². The molecule has 1 aromatic carbocycles. The summed E-state index contributed by atoms with van der Waals surface area (Å²) in [5, 5.41) is 1.17. The Kier molecular flexibility index (Phi) is 4.21. The Bertz CT molecular complexity index is 448. The number of nitrogens with one attached hydrogen (secondary N) is 1. The fourth-order valence-corrected chi connectivity index (χ4v) is 1.99. The Morgan fingerprint density at radius 1 is 1.20 bits per heavy atom. The topological polar surface area (TPSA) is 25.0 Å². The minimum atomic E-state index is 0.873. The van der Waals surface area contributed by atoms with Crippen LogP contribution in [-0.4, -0.2) is 12.1 Å². The number of rotatable bonds is 1. The third-order valence-electron chi connectivity index (χ3n) is 2.02. The average molecular weight is 270 g/mol. The molecule has 0 fully saturated rings. The summed E-state index contributed by atoms with van der Waals surface area (Å²) in [4.78, 5) is 3.28. The summed E-state index contributed by atoms with van der Waals surface area (Å²) in [7, 11) is 1.67. The molecule has 1 N–H and O–H groups in total. The van der Waals surface area contributed by atoms with Crippen molar-refractivity contribution < 1.29 is 4.74 Å². The maximum Gasteiger partial charge on any atom is 0.120 e. The first kappa shape index (κ1) is 12.1. The van der Waals surface area contributed by atoms with Crippen LogP contribution in [0.25, 0.3) is 10.9 Å². The van der Waals surface area contributed by atoms with E-state index in [4.69, 9.17) is 4.74 Å². The zero-order valence-corrected chi connectivity index (χ0v) is 11.1. The van der Waals surface area contributed by atoms with Gasteiger partial charge in [0.2, 0.25) is 0 Å². The first-order valence-corrected chi connectivity index (χ1v) is 5.83. The van der Waals surface area contributed by atoms with Crippen molar-refractivity contribution in [1.82, 2.24) is 4.98 Å². The Morgan fingerprint density at radius 2 is 1.87 bits per heavy atom. The molecule has 3 heteroatoms. The smallest absolute Gasteiger partial charge is 0.120 e. The number of ether oxygens (including phenoxy) is 1. The molecule has 1 aromatic heterocycles. The lowest BCUT2D eigenvalue weighted by Crippen LogP contribution is -1.82. The number of benzene rings is 1. The predicted octanol–water partition coefficient (Wildman–Crippen LogP) is 4.27. The Labute approximate surface area is 98.8 Å². The quantitative estimate of drug-likeness (QED) is 0.822. The summed E-state index contributed by atoms with van der Waals surface area (Å²) in [5.74, 6) is 0.873. The molecule has 0 amide bonds. The maximum absolute atomic E-state index is 5.17. The van der Waals surface area contributed by atoms with Crippen LogP contribution in [0.4, 0.5) is 0 Å². The number of fused-ring (bicyclic) bond motifs is 1. The lowest BCUT2D eigenvalue weighted by molar-refractivity contribution is 0.415. The van der Waals surface area contributed by atoms with Crippen LogP contribution in [0.1, 0.15) is 19.5 Å². The largest absolute Gasteiger partial charge is 0.497 e. The molecule has 2 rings (SSSR count). The molecule has 1 heterocycles. The van der Waals surface area contributed by atoms with E-state index in [0.29, 0.717) is 0 Å². The number of aryl methyl sites for hydroxylation is 1. The van der Waals surface area contributed by atoms with E-state index in [1.807, 2.05) is 32.9 Å². The highest BCUT2D eigenvalue weighted by Crippen LogP contribution is 2.29. The fraction of sp³-hybridized carbons (Fsp3) is 0.333. The molecule has 0 saturated carbocycles. The lowest BCUT2D eigenvalue weighted by atomic mass is 10.2. The van der Waals surface area contributed by atoms with Gasteiger partial charge in [0.25, 0.3) is 0 Å². The highest BCUT2D eigenvalue weighted by Gasteiger charge is 2.04. The van der Waals surface area contributed by atoms with E-state index >= 15 is 0 Å².